The maximum absolute atomic E-state index is 12.5. The fraction of sp³-hybridized carbons (Fsp3) is 0.625. The molecule has 1 aromatic heterocycles. The van der Waals surface area contributed by atoms with Gasteiger partial charge in [0.2, 0.25) is 0 Å². The molecule has 0 saturated heterocycles. The van der Waals surface area contributed by atoms with E-state index in [0.717, 1.165) is 45.1 Å². The number of rotatable bonds is 6. The highest BCUT2D eigenvalue weighted by Gasteiger charge is 2.25. The summed E-state index contributed by atoms with van der Waals surface area (Å²) in [6.07, 6.45) is 7.53. The number of carbonyl (C=O) groups is 1. The summed E-state index contributed by atoms with van der Waals surface area (Å²) in [5.41, 5.74) is 8.93. The number of thiocarbonyl (C=S) groups is 2. The van der Waals surface area contributed by atoms with Gasteiger partial charge < -0.3 is 16.4 Å². The Morgan fingerprint density at radius 2 is 2.12 bits per heavy atom. The molecule has 144 valence electrons. The van der Waals surface area contributed by atoms with E-state index in [1.807, 2.05) is 0 Å². The Morgan fingerprint density at radius 1 is 1.38 bits per heavy atom. The zero-order chi connectivity index (χ0) is 18.9. The quantitative estimate of drug-likeness (QED) is 0.321. The van der Waals surface area contributed by atoms with Crippen LogP contribution in [0, 0.1) is 0 Å². The van der Waals surface area contributed by atoms with Gasteiger partial charge in [0.05, 0.1) is 6.04 Å². The van der Waals surface area contributed by atoms with Crippen molar-refractivity contribution in [2.45, 2.75) is 57.9 Å². The third-order valence-corrected chi connectivity index (χ3v) is 5.37. The zero-order valence-corrected chi connectivity index (χ0v) is 17.4. The Labute approximate surface area is 169 Å². The van der Waals surface area contributed by atoms with Gasteiger partial charge in [-0.15, -0.1) is 11.3 Å². The number of thiazole rings is 1. The third-order valence-electron chi connectivity index (χ3n) is 4.17. The number of hydrazine groups is 1. The van der Waals surface area contributed by atoms with Crippen molar-refractivity contribution in [3.8, 4) is 0 Å². The topological polar surface area (TPSA) is 95.3 Å². The van der Waals surface area contributed by atoms with Crippen LogP contribution in [0.25, 0.3) is 0 Å². The Balaban J connectivity index is 1.91. The Hall–Kier alpha value is -1.52. The van der Waals surface area contributed by atoms with Gasteiger partial charge in [0.1, 0.15) is 5.69 Å². The first-order chi connectivity index (χ1) is 12.5. The highest BCUT2D eigenvalue weighted by Crippen LogP contribution is 2.22. The standard InChI is InChI=1S/C16H26N6OS3/c1-2-3-9-18-15(25)20-16-19-12(10-26-16)13(23)21-22(14(17)24)11-7-5-4-6-8-11/h10-11H,2-9H2,1H3,(H2,17,24)(H,21,23)(H2,18,19,20,25). The molecule has 1 aliphatic carbocycles. The summed E-state index contributed by atoms with van der Waals surface area (Å²) < 4.78 is 0. The van der Waals surface area contributed by atoms with E-state index in [1.165, 1.54) is 17.8 Å². The normalized spacial score (nSPS) is 14.5. The minimum Gasteiger partial charge on any atom is -0.375 e. The summed E-state index contributed by atoms with van der Waals surface area (Å²) in [7, 11) is 0. The summed E-state index contributed by atoms with van der Waals surface area (Å²) >= 11 is 11.7. The summed E-state index contributed by atoms with van der Waals surface area (Å²) in [6, 6.07) is 0.150. The van der Waals surface area contributed by atoms with Crippen molar-refractivity contribution in [2.24, 2.45) is 5.73 Å². The number of anilines is 1. The molecule has 5 N–H and O–H groups in total. The van der Waals surface area contributed by atoms with Gasteiger partial charge in [-0.25, -0.2) is 4.98 Å². The molecule has 2 rings (SSSR count). The lowest BCUT2D eigenvalue weighted by Crippen LogP contribution is -2.54. The van der Waals surface area contributed by atoms with Crippen molar-refractivity contribution < 1.29 is 4.79 Å². The first-order valence-corrected chi connectivity index (χ1v) is 10.6. The lowest BCUT2D eigenvalue weighted by atomic mass is 9.95. The van der Waals surface area contributed by atoms with Crippen molar-refractivity contribution >= 4 is 57.0 Å². The molecule has 0 radical (unpaired) electrons. The lowest BCUT2D eigenvalue weighted by Gasteiger charge is -2.34. The highest BCUT2D eigenvalue weighted by molar-refractivity contribution is 7.80. The van der Waals surface area contributed by atoms with E-state index in [0.29, 0.717) is 15.9 Å². The van der Waals surface area contributed by atoms with E-state index in [1.54, 1.807) is 10.4 Å². The third kappa shape index (κ3) is 6.33. The molecule has 1 amide bonds. The van der Waals surface area contributed by atoms with E-state index >= 15 is 0 Å². The number of hydrogen-bond donors (Lipinski definition) is 4. The first kappa shape index (κ1) is 20.8. The molecule has 0 atom stereocenters. The van der Waals surface area contributed by atoms with Gasteiger partial charge in [-0.05, 0) is 43.7 Å². The molecular weight excluding hydrogens is 388 g/mol. The SMILES string of the molecule is CCCCNC(=S)Nc1nc(C(=O)NN(C(N)=S)C2CCCCC2)cs1. The summed E-state index contributed by atoms with van der Waals surface area (Å²) in [6.45, 7) is 2.93. The molecule has 1 aliphatic rings. The maximum atomic E-state index is 12.5. The van der Waals surface area contributed by atoms with E-state index in [9.17, 15) is 4.79 Å². The van der Waals surface area contributed by atoms with Gasteiger partial charge in [0.25, 0.3) is 5.91 Å². The smallest absolute Gasteiger partial charge is 0.289 e. The summed E-state index contributed by atoms with van der Waals surface area (Å²) in [4.78, 5) is 16.8. The van der Waals surface area contributed by atoms with E-state index in [2.05, 4.69) is 28.0 Å². The van der Waals surface area contributed by atoms with E-state index in [-0.39, 0.29) is 17.1 Å². The summed E-state index contributed by atoms with van der Waals surface area (Å²) in [5.74, 6) is -0.322. The molecule has 0 aromatic carbocycles. The Morgan fingerprint density at radius 3 is 2.77 bits per heavy atom. The molecule has 0 bridgehead atoms. The second kappa shape index (κ2) is 10.6. The zero-order valence-electron chi connectivity index (χ0n) is 14.9. The van der Waals surface area contributed by atoms with Gasteiger partial charge >= 0.3 is 0 Å². The molecule has 10 heteroatoms. The van der Waals surface area contributed by atoms with Crippen molar-refractivity contribution in [1.82, 2.24) is 20.7 Å². The first-order valence-electron chi connectivity index (χ1n) is 8.91. The van der Waals surface area contributed by atoms with Crippen molar-refractivity contribution in [3.05, 3.63) is 11.1 Å². The Kier molecular flexibility index (Phi) is 8.46. The number of aromatic nitrogens is 1. The van der Waals surface area contributed by atoms with E-state index < -0.39 is 0 Å². The number of unbranched alkanes of at least 4 members (excludes halogenated alkanes) is 1. The molecule has 1 aromatic rings. The molecule has 1 fully saturated rings. The van der Waals surface area contributed by atoms with Crippen molar-refractivity contribution in [2.75, 3.05) is 11.9 Å². The highest BCUT2D eigenvalue weighted by atomic mass is 32.1. The van der Waals surface area contributed by atoms with Crippen LogP contribution in [-0.4, -0.2) is 38.7 Å². The minimum absolute atomic E-state index is 0.150. The monoisotopic (exact) mass is 414 g/mol. The molecule has 7 nitrogen and oxygen atoms in total. The molecular formula is C16H26N6OS3. The molecule has 0 unspecified atom stereocenters. The largest absolute Gasteiger partial charge is 0.375 e. The van der Waals surface area contributed by atoms with Crippen molar-refractivity contribution in [3.63, 3.8) is 0 Å². The van der Waals surface area contributed by atoms with Crippen LogP contribution >= 0.6 is 35.8 Å². The van der Waals surface area contributed by atoms with Gasteiger partial charge in [-0.2, -0.15) is 0 Å². The van der Waals surface area contributed by atoms with Gasteiger partial charge in [0, 0.05) is 11.9 Å². The van der Waals surface area contributed by atoms with Gasteiger partial charge in [0.15, 0.2) is 15.4 Å². The fourth-order valence-electron chi connectivity index (χ4n) is 2.79. The maximum Gasteiger partial charge on any atom is 0.289 e. The molecule has 1 heterocycles. The molecule has 0 aliphatic heterocycles. The number of nitrogens with two attached hydrogens (primary N) is 1. The lowest BCUT2D eigenvalue weighted by molar-refractivity contribution is 0.0804. The predicted molar refractivity (Wildman–Crippen MR) is 114 cm³/mol. The number of nitrogens with zero attached hydrogens (tertiary/aromatic N) is 2. The summed E-state index contributed by atoms with van der Waals surface area (Å²) in [5, 5.41) is 10.7. The molecule has 26 heavy (non-hydrogen) atoms. The average molecular weight is 415 g/mol. The second-order valence-corrected chi connectivity index (χ2v) is 7.90. The van der Waals surface area contributed by atoms with Crippen LogP contribution < -0.4 is 21.8 Å². The number of amides is 1. The van der Waals surface area contributed by atoms with Gasteiger partial charge in [-0.3, -0.25) is 15.2 Å². The van der Waals surface area contributed by atoms with Crippen LogP contribution in [0.15, 0.2) is 5.38 Å². The molecule has 0 spiro atoms. The van der Waals surface area contributed by atoms with Crippen LogP contribution in [0.4, 0.5) is 5.13 Å². The minimum atomic E-state index is -0.322. The van der Waals surface area contributed by atoms with Crippen LogP contribution in [0.5, 0.6) is 0 Å². The second-order valence-electron chi connectivity index (χ2n) is 6.21. The number of nitrogens with one attached hydrogen (secondary N) is 3. The van der Waals surface area contributed by atoms with Crippen LogP contribution in [-0.2, 0) is 0 Å². The fourth-order valence-corrected chi connectivity index (χ4v) is 3.94. The van der Waals surface area contributed by atoms with Crippen LogP contribution in [0.2, 0.25) is 0 Å². The average Bonchev–Trinajstić information content (AvgIpc) is 3.08. The molecule has 1 saturated carbocycles. The van der Waals surface area contributed by atoms with E-state index in [4.69, 9.17) is 30.2 Å². The van der Waals surface area contributed by atoms with Crippen LogP contribution in [0.3, 0.4) is 0 Å². The van der Waals surface area contributed by atoms with Crippen molar-refractivity contribution in [1.29, 1.82) is 0 Å². The van der Waals surface area contributed by atoms with Gasteiger partial charge in [-0.1, -0.05) is 32.6 Å². The number of carbonyl (C=O) groups excluding carboxylic acids is 1. The number of hydrogen-bond acceptors (Lipinski definition) is 5. The predicted octanol–water partition coefficient (Wildman–Crippen LogP) is 2.75. The Bertz CT molecular complexity index is 629. The van der Waals surface area contributed by atoms with Crippen LogP contribution in [0.1, 0.15) is 62.4 Å².